The van der Waals surface area contributed by atoms with Gasteiger partial charge in [-0.15, -0.1) is 0 Å². The Morgan fingerprint density at radius 3 is 2.29 bits per heavy atom. The van der Waals surface area contributed by atoms with E-state index in [-0.39, 0.29) is 27.6 Å². The molecule has 252 valence electrons. The number of carbonyl (C=O) groups excluding carboxylic acids is 3. The molecule has 2 aliphatic rings. The van der Waals surface area contributed by atoms with E-state index < -0.39 is 63.9 Å². The van der Waals surface area contributed by atoms with Gasteiger partial charge in [-0.1, -0.05) is 18.2 Å². The Balaban J connectivity index is 1.20. The summed E-state index contributed by atoms with van der Waals surface area (Å²) in [5.41, 5.74) is 0.501. The lowest BCUT2D eigenvalue weighted by Crippen LogP contribution is -2.45. The van der Waals surface area contributed by atoms with Gasteiger partial charge in [-0.25, -0.2) is 32.9 Å². The summed E-state index contributed by atoms with van der Waals surface area (Å²) in [7, 11) is -4.37. The third kappa shape index (κ3) is 6.84. The van der Waals surface area contributed by atoms with Crippen LogP contribution < -0.4 is 15.4 Å². The minimum absolute atomic E-state index is 0.152. The molecule has 0 bridgehead atoms. The highest BCUT2D eigenvalue weighted by Crippen LogP contribution is 2.44. The SMILES string of the molecule is CC(C)(C)OC(=O)Nc1ccc(S(=O)(=O)NC(=O)[C@H]2O[C@@H](n3cnc4c(NC(=O)c5ccccc5)ncnc43)[C@@H]3OC(C)(C)O[C@@H]32)cc1. The molecule has 2 fully saturated rings. The quantitative estimate of drug-likeness (QED) is 0.258. The minimum Gasteiger partial charge on any atom is -0.444 e. The van der Waals surface area contributed by atoms with Crippen molar-refractivity contribution in [3.8, 4) is 0 Å². The molecule has 2 saturated heterocycles. The molecular formula is C31H33N7O9S. The number of hydrogen-bond acceptors (Lipinski definition) is 12. The predicted molar refractivity (Wildman–Crippen MR) is 169 cm³/mol. The molecular weight excluding hydrogens is 646 g/mol. The highest BCUT2D eigenvalue weighted by Gasteiger charge is 2.58. The van der Waals surface area contributed by atoms with Crippen LogP contribution in [0.2, 0.25) is 0 Å². The molecule has 2 aromatic heterocycles. The lowest BCUT2D eigenvalue weighted by molar-refractivity contribution is -0.197. The Bertz CT molecular complexity index is 1980. The number of fused-ring (bicyclic) bond motifs is 2. The van der Waals surface area contributed by atoms with Crippen molar-refractivity contribution in [3.63, 3.8) is 0 Å². The Kier molecular flexibility index (Phi) is 8.40. The van der Waals surface area contributed by atoms with E-state index in [9.17, 15) is 22.8 Å². The second-order valence-electron chi connectivity index (χ2n) is 12.5. The minimum atomic E-state index is -4.37. The number of benzene rings is 2. The second-order valence-corrected chi connectivity index (χ2v) is 14.2. The monoisotopic (exact) mass is 679 g/mol. The number of amides is 3. The second kappa shape index (κ2) is 12.2. The van der Waals surface area contributed by atoms with Crippen molar-refractivity contribution < 1.29 is 41.7 Å². The number of imidazole rings is 1. The highest BCUT2D eigenvalue weighted by atomic mass is 32.2. The maximum absolute atomic E-state index is 13.5. The van der Waals surface area contributed by atoms with Gasteiger partial charge >= 0.3 is 6.09 Å². The summed E-state index contributed by atoms with van der Waals surface area (Å²) >= 11 is 0. The van der Waals surface area contributed by atoms with Crippen molar-refractivity contribution in [2.75, 3.05) is 10.6 Å². The predicted octanol–water partition coefficient (Wildman–Crippen LogP) is 3.35. The molecule has 4 heterocycles. The topological polar surface area (TPSA) is 202 Å². The fourth-order valence-corrected chi connectivity index (χ4v) is 6.29. The first kappa shape index (κ1) is 33.0. The Labute approximate surface area is 275 Å². The van der Waals surface area contributed by atoms with Crippen molar-refractivity contribution in [1.29, 1.82) is 0 Å². The summed E-state index contributed by atoms with van der Waals surface area (Å²) in [5.74, 6) is -2.37. The summed E-state index contributed by atoms with van der Waals surface area (Å²) in [6.45, 7) is 8.45. The van der Waals surface area contributed by atoms with E-state index in [1.54, 1.807) is 65.0 Å². The van der Waals surface area contributed by atoms with Crippen LogP contribution in [-0.4, -0.2) is 75.5 Å². The van der Waals surface area contributed by atoms with Gasteiger partial charge in [0, 0.05) is 11.3 Å². The highest BCUT2D eigenvalue weighted by molar-refractivity contribution is 7.90. The van der Waals surface area contributed by atoms with Crippen molar-refractivity contribution >= 4 is 50.6 Å². The van der Waals surface area contributed by atoms with Gasteiger partial charge in [-0.05, 0) is 71.0 Å². The number of hydrogen-bond donors (Lipinski definition) is 3. The first-order valence-electron chi connectivity index (χ1n) is 14.8. The van der Waals surface area contributed by atoms with Gasteiger partial charge in [0.2, 0.25) is 0 Å². The zero-order chi connectivity index (χ0) is 34.4. The van der Waals surface area contributed by atoms with E-state index in [4.69, 9.17) is 18.9 Å². The summed E-state index contributed by atoms with van der Waals surface area (Å²) in [4.78, 5) is 51.0. The summed E-state index contributed by atoms with van der Waals surface area (Å²) in [6.07, 6.45) is -2.37. The summed E-state index contributed by atoms with van der Waals surface area (Å²) in [6, 6.07) is 13.8. The van der Waals surface area contributed by atoms with E-state index in [2.05, 4.69) is 30.3 Å². The van der Waals surface area contributed by atoms with Gasteiger partial charge < -0.3 is 24.3 Å². The van der Waals surface area contributed by atoms with Gasteiger partial charge in [-0.2, -0.15) is 0 Å². The number of nitrogens with one attached hydrogen (secondary N) is 3. The number of sulfonamides is 1. The standard InChI is InChI=1S/C31H33N7O9S/c1-30(2,3)47-29(41)35-18-11-13-19(14-12-18)48(42,43)37-27(40)22-21-23(46-31(4,5)45-21)28(44-22)38-16-34-20-24(32-15-33-25(20)38)36-26(39)17-9-7-6-8-10-17/h6-16,21-23,28H,1-5H3,(H,35,41)(H,37,40)(H,32,33,36,39)/t21-,22+,23-,28-/m1/s1. The molecule has 4 aromatic rings. The number of aromatic nitrogens is 4. The van der Waals surface area contributed by atoms with Gasteiger partial charge in [0.15, 0.2) is 35.1 Å². The summed E-state index contributed by atoms with van der Waals surface area (Å²) < 4.78 is 53.4. The lowest BCUT2D eigenvalue weighted by atomic mass is 10.1. The number of ether oxygens (including phenoxy) is 4. The van der Waals surface area contributed by atoms with Crippen LogP contribution in [0.5, 0.6) is 0 Å². The largest absolute Gasteiger partial charge is 0.444 e. The van der Waals surface area contributed by atoms with E-state index in [1.807, 2.05) is 0 Å². The molecule has 0 aliphatic carbocycles. The molecule has 2 aromatic carbocycles. The number of nitrogens with zero attached hydrogens (tertiary/aromatic N) is 4. The third-order valence-corrected chi connectivity index (χ3v) is 8.60. The smallest absolute Gasteiger partial charge is 0.412 e. The van der Waals surface area contributed by atoms with E-state index in [0.717, 1.165) is 0 Å². The number of anilines is 2. The molecule has 3 amide bonds. The molecule has 3 N–H and O–H groups in total. The third-order valence-electron chi connectivity index (χ3n) is 7.23. The van der Waals surface area contributed by atoms with Crippen LogP contribution in [0.1, 0.15) is 51.2 Å². The Hall–Kier alpha value is -4.97. The van der Waals surface area contributed by atoms with Crippen LogP contribution in [0.25, 0.3) is 11.2 Å². The number of carbonyl (C=O) groups is 3. The van der Waals surface area contributed by atoms with Crippen LogP contribution in [0.4, 0.5) is 16.3 Å². The van der Waals surface area contributed by atoms with Crippen molar-refractivity contribution in [2.24, 2.45) is 0 Å². The summed E-state index contributed by atoms with van der Waals surface area (Å²) in [5, 5.41) is 5.25. The molecule has 16 nitrogen and oxygen atoms in total. The number of rotatable bonds is 7. The molecule has 0 unspecified atom stereocenters. The van der Waals surface area contributed by atoms with Gasteiger partial charge in [0.05, 0.1) is 11.2 Å². The van der Waals surface area contributed by atoms with Crippen molar-refractivity contribution in [3.05, 3.63) is 72.8 Å². The fourth-order valence-electron chi connectivity index (χ4n) is 5.30. The molecule has 48 heavy (non-hydrogen) atoms. The van der Waals surface area contributed by atoms with Crippen molar-refractivity contribution in [2.45, 2.75) is 75.4 Å². The molecule has 2 aliphatic heterocycles. The van der Waals surface area contributed by atoms with Gasteiger partial charge in [0.25, 0.3) is 21.8 Å². The average Bonchev–Trinajstić information content (AvgIpc) is 3.67. The molecule has 0 spiro atoms. The first-order chi connectivity index (χ1) is 22.6. The fraction of sp³-hybridized carbons (Fsp3) is 0.355. The zero-order valence-corrected chi connectivity index (χ0v) is 27.3. The molecule has 4 atom stereocenters. The van der Waals surface area contributed by atoms with E-state index >= 15 is 0 Å². The van der Waals surface area contributed by atoms with Crippen LogP contribution in [0.3, 0.4) is 0 Å². The molecule has 6 rings (SSSR count). The van der Waals surface area contributed by atoms with Crippen LogP contribution in [-0.2, 0) is 33.8 Å². The molecule has 0 radical (unpaired) electrons. The molecule has 0 saturated carbocycles. The van der Waals surface area contributed by atoms with E-state index in [1.165, 1.54) is 41.5 Å². The van der Waals surface area contributed by atoms with Gasteiger partial charge in [-0.3, -0.25) is 19.5 Å². The normalized spacial score (nSPS) is 21.8. The Morgan fingerprint density at radius 1 is 0.917 bits per heavy atom. The molecule has 17 heteroatoms. The zero-order valence-electron chi connectivity index (χ0n) is 26.5. The Morgan fingerprint density at radius 2 is 1.60 bits per heavy atom. The maximum Gasteiger partial charge on any atom is 0.412 e. The van der Waals surface area contributed by atoms with E-state index in [0.29, 0.717) is 5.56 Å². The van der Waals surface area contributed by atoms with Gasteiger partial charge in [0.1, 0.15) is 24.1 Å². The van der Waals surface area contributed by atoms with Crippen LogP contribution in [0, 0.1) is 0 Å². The van der Waals surface area contributed by atoms with Crippen molar-refractivity contribution in [1.82, 2.24) is 24.2 Å². The lowest BCUT2D eigenvalue weighted by Gasteiger charge is -2.24. The van der Waals surface area contributed by atoms with Crippen LogP contribution >= 0.6 is 0 Å². The van der Waals surface area contributed by atoms with Crippen LogP contribution in [0.15, 0.2) is 72.1 Å². The first-order valence-corrected chi connectivity index (χ1v) is 16.3. The maximum atomic E-state index is 13.5. The average molecular weight is 680 g/mol.